The van der Waals surface area contributed by atoms with E-state index in [4.69, 9.17) is 0 Å². The summed E-state index contributed by atoms with van der Waals surface area (Å²) in [7, 11) is 1.88. The third-order valence-corrected chi connectivity index (χ3v) is 4.06. The van der Waals surface area contributed by atoms with Gasteiger partial charge in [0.1, 0.15) is 0 Å². The molecule has 1 N–H and O–H groups in total. The molecule has 5 heteroatoms. The summed E-state index contributed by atoms with van der Waals surface area (Å²) in [5, 5.41) is 7.54. The molecular weight excluding hydrogens is 228 g/mol. The van der Waals surface area contributed by atoms with Crippen molar-refractivity contribution in [2.24, 2.45) is 7.05 Å². The number of fused-ring (bicyclic) bond motifs is 2. The quantitative estimate of drug-likeness (QED) is 0.820. The number of carbonyl (C=O) groups is 1. The Morgan fingerprint density at radius 3 is 3.06 bits per heavy atom. The van der Waals surface area contributed by atoms with Gasteiger partial charge < -0.3 is 10.2 Å². The maximum absolute atomic E-state index is 12.5. The van der Waals surface area contributed by atoms with Crippen molar-refractivity contribution in [2.45, 2.75) is 37.8 Å². The predicted molar refractivity (Wildman–Crippen MR) is 68.1 cm³/mol. The van der Waals surface area contributed by atoms with Gasteiger partial charge in [0.05, 0.1) is 12.6 Å². The van der Waals surface area contributed by atoms with Crippen LogP contribution in [-0.2, 0) is 18.3 Å². The summed E-state index contributed by atoms with van der Waals surface area (Å²) in [6.07, 6.45) is 7.61. The van der Waals surface area contributed by atoms with Gasteiger partial charge in [-0.1, -0.05) is 0 Å². The van der Waals surface area contributed by atoms with Gasteiger partial charge in [0.15, 0.2) is 0 Å². The van der Waals surface area contributed by atoms with Crippen LogP contribution in [-0.4, -0.2) is 45.8 Å². The lowest BCUT2D eigenvalue weighted by atomic mass is 10.1. The van der Waals surface area contributed by atoms with E-state index in [0.29, 0.717) is 18.5 Å². The minimum atomic E-state index is 0.263. The first-order valence-corrected chi connectivity index (χ1v) is 6.73. The highest BCUT2D eigenvalue weighted by molar-refractivity contribution is 5.79. The molecule has 98 valence electrons. The van der Waals surface area contributed by atoms with Crippen molar-refractivity contribution in [3.63, 3.8) is 0 Å². The van der Waals surface area contributed by atoms with Crippen LogP contribution in [0, 0.1) is 0 Å². The van der Waals surface area contributed by atoms with Gasteiger partial charge >= 0.3 is 0 Å². The molecular formula is C13H20N4O. The van der Waals surface area contributed by atoms with Crippen molar-refractivity contribution in [1.82, 2.24) is 20.0 Å². The molecule has 0 aliphatic carbocycles. The number of nitrogens with zero attached hydrogens (tertiary/aromatic N) is 3. The van der Waals surface area contributed by atoms with Gasteiger partial charge in [0.25, 0.3) is 0 Å². The summed E-state index contributed by atoms with van der Waals surface area (Å²) >= 11 is 0. The zero-order chi connectivity index (χ0) is 12.5. The Bertz CT molecular complexity index is 428. The second-order valence-corrected chi connectivity index (χ2v) is 5.38. The Kier molecular flexibility index (Phi) is 3.07. The normalized spacial score (nSPS) is 27.3. The molecule has 2 atom stereocenters. The van der Waals surface area contributed by atoms with Crippen molar-refractivity contribution in [1.29, 1.82) is 0 Å². The van der Waals surface area contributed by atoms with E-state index >= 15 is 0 Å². The van der Waals surface area contributed by atoms with E-state index in [1.165, 1.54) is 6.42 Å². The summed E-state index contributed by atoms with van der Waals surface area (Å²) in [5.41, 5.74) is 1.01. The maximum atomic E-state index is 12.5. The van der Waals surface area contributed by atoms with Gasteiger partial charge in [-0.25, -0.2) is 0 Å². The van der Waals surface area contributed by atoms with E-state index < -0.39 is 0 Å². The van der Waals surface area contributed by atoms with Crippen molar-refractivity contribution < 1.29 is 4.79 Å². The lowest BCUT2D eigenvalue weighted by Gasteiger charge is -2.27. The number of hydrogen-bond acceptors (Lipinski definition) is 3. The monoisotopic (exact) mass is 248 g/mol. The third-order valence-electron chi connectivity index (χ3n) is 4.06. The van der Waals surface area contributed by atoms with Crippen LogP contribution >= 0.6 is 0 Å². The fraction of sp³-hybridized carbons (Fsp3) is 0.692. The van der Waals surface area contributed by atoms with E-state index in [9.17, 15) is 4.79 Å². The van der Waals surface area contributed by atoms with E-state index in [1.807, 2.05) is 13.2 Å². The molecule has 2 unspecified atom stereocenters. The molecule has 1 aromatic rings. The number of amides is 1. The lowest BCUT2D eigenvalue weighted by molar-refractivity contribution is -0.133. The van der Waals surface area contributed by atoms with E-state index in [2.05, 4.69) is 15.3 Å². The Morgan fingerprint density at radius 2 is 2.28 bits per heavy atom. The van der Waals surface area contributed by atoms with Gasteiger partial charge in [-0.2, -0.15) is 5.10 Å². The highest BCUT2D eigenvalue weighted by Gasteiger charge is 2.37. The van der Waals surface area contributed by atoms with Crippen molar-refractivity contribution in [2.75, 3.05) is 13.1 Å². The van der Waals surface area contributed by atoms with Crippen LogP contribution in [0.15, 0.2) is 12.4 Å². The predicted octanol–water partition coefficient (Wildman–Crippen LogP) is 0.315. The Labute approximate surface area is 107 Å². The molecule has 18 heavy (non-hydrogen) atoms. The molecule has 0 saturated carbocycles. The lowest BCUT2D eigenvalue weighted by Crippen LogP contribution is -2.43. The minimum absolute atomic E-state index is 0.263. The Balaban J connectivity index is 1.71. The smallest absolute Gasteiger partial charge is 0.227 e. The van der Waals surface area contributed by atoms with E-state index in [0.717, 1.165) is 31.5 Å². The standard InChI is InChI=1S/C13H20N4O/c1-16-9-10(7-15-16)6-13(18)17-11-2-3-12(17)8-14-5-4-11/h7,9,11-12,14H,2-6,8H2,1H3. The average molecular weight is 248 g/mol. The van der Waals surface area contributed by atoms with Crippen LogP contribution in [0.4, 0.5) is 0 Å². The van der Waals surface area contributed by atoms with Gasteiger partial charge in [-0.15, -0.1) is 0 Å². The van der Waals surface area contributed by atoms with Crippen LogP contribution in [0.3, 0.4) is 0 Å². The summed E-state index contributed by atoms with van der Waals surface area (Å²) in [4.78, 5) is 14.6. The number of hydrogen-bond donors (Lipinski definition) is 1. The average Bonchev–Trinajstić information content (AvgIpc) is 2.81. The fourth-order valence-corrected chi connectivity index (χ4v) is 3.22. The van der Waals surface area contributed by atoms with Crippen molar-refractivity contribution >= 4 is 5.91 Å². The molecule has 2 saturated heterocycles. The highest BCUT2D eigenvalue weighted by atomic mass is 16.2. The zero-order valence-corrected chi connectivity index (χ0v) is 10.8. The molecule has 0 spiro atoms. The molecule has 1 aromatic heterocycles. The summed E-state index contributed by atoms with van der Waals surface area (Å²) in [5.74, 6) is 0.263. The van der Waals surface area contributed by atoms with Crippen LogP contribution in [0.2, 0.25) is 0 Å². The minimum Gasteiger partial charge on any atom is -0.335 e. The fourth-order valence-electron chi connectivity index (χ4n) is 3.22. The van der Waals surface area contributed by atoms with E-state index in [1.54, 1.807) is 10.9 Å². The molecule has 2 fully saturated rings. The molecule has 0 radical (unpaired) electrons. The highest BCUT2D eigenvalue weighted by Crippen LogP contribution is 2.28. The topological polar surface area (TPSA) is 50.2 Å². The number of aryl methyl sites for hydroxylation is 1. The van der Waals surface area contributed by atoms with Crippen molar-refractivity contribution in [3.05, 3.63) is 18.0 Å². The largest absolute Gasteiger partial charge is 0.335 e. The number of carbonyl (C=O) groups excluding carboxylic acids is 1. The third kappa shape index (κ3) is 2.14. The second kappa shape index (κ2) is 4.72. The van der Waals surface area contributed by atoms with Gasteiger partial charge in [-0.05, 0) is 31.4 Å². The number of nitrogens with one attached hydrogen (secondary N) is 1. The first-order valence-electron chi connectivity index (χ1n) is 6.73. The maximum Gasteiger partial charge on any atom is 0.227 e. The van der Waals surface area contributed by atoms with Crippen LogP contribution in [0.25, 0.3) is 0 Å². The molecule has 1 amide bonds. The molecule has 0 aromatic carbocycles. The molecule has 2 bridgehead atoms. The van der Waals surface area contributed by atoms with Gasteiger partial charge in [0, 0.05) is 31.9 Å². The summed E-state index contributed by atoms with van der Waals surface area (Å²) in [6.45, 7) is 1.99. The molecule has 2 aliphatic rings. The number of aromatic nitrogens is 2. The summed E-state index contributed by atoms with van der Waals surface area (Å²) in [6, 6.07) is 0.857. The molecule has 3 rings (SSSR count). The molecule has 5 nitrogen and oxygen atoms in total. The van der Waals surface area contributed by atoms with E-state index in [-0.39, 0.29) is 5.91 Å². The van der Waals surface area contributed by atoms with Crippen LogP contribution < -0.4 is 5.32 Å². The van der Waals surface area contributed by atoms with Gasteiger partial charge in [0.2, 0.25) is 5.91 Å². The van der Waals surface area contributed by atoms with Crippen LogP contribution in [0.1, 0.15) is 24.8 Å². The first kappa shape index (κ1) is 11.7. The van der Waals surface area contributed by atoms with Gasteiger partial charge in [-0.3, -0.25) is 9.48 Å². The zero-order valence-electron chi connectivity index (χ0n) is 10.8. The first-order chi connectivity index (χ1) is 8.74. The SMILES string of the molecule is Cn1cc(CC(=O)N2C3CCNCC2CC3)cn1. The van der Waals surface area contributed by atoms with Crippen molar-refractivity contribution in [3.8, 4) is 0 Å². The van der Waals surface area contributed by atoms with Crippen LogP contribution in [0.5, 0.6) is 0 Å². The Morgan fingerprint density at radius 1 is 1.44 bits per heavy atom. The Hall–Kier alpha value is -1.36. The molecule has 2 aliphatic heterocycles. The number of rotatable bonds is 2. The second-order valence-electron chi connectivity index (χ2n) is 5.38. The molecule has 3 heterocycles. The summed E-state index contributed by atoms with van der Waals surface area (Å²) < 4.78 is 1.75.